The second kappa shape index (κ2) is 6.11. The summed E-state index contributed by atoms with van der Waals surface area (Å²) in [5, 5.41) is 12.4. The van der Waals surface area contributed by atoms with Gasteiger partial charge in [-0.3, -0.25) is 4.98 Å². The number of hydrogen-bond acceptors (Lipinski definition) is 3. The number of carboxylic acid groups (broad SMARTS) is 1. The Labute approximate surface area is 124 Å². The van der Waals surface area contributed by atoms with Crippen molar-refractivity contribution in [1.29, 1.82) is 0 Å². The third-order valence-corrected chi connectivity index (χ3v) is 4.26. The summed E-state index contributed by atoms with van der Waals surface area (Å²) in [5.41, 5.74) is -0.128. The minimum atomic E-state index is -1.07. The second-order valence-electron chi connectivity index (χ2n) is 5.40. The molecule has 6 heteroatoms. The largest absolute Gasteiger partial charge is 0.479 e. The SMILES string of the molecule is CCC1(C(=O)O)CCCN1C(=O)NC(C)c1ccncc1. The molecule has 21 heavy (non-hydrogen) atoms. The van der Waals surface area contributed by atoms with Crippen LogP contribution >= 0.6 is 0 Å². The van der Waals surface area contributed by atoms with Gasteiger partial charge < -0.3 is 15.3 Å². The molecule has 1 saturated heterocycles. The molecule has 2 amide bonds. The van der Waals surface area contributed by atoms with E-state index < -0.39 is 11.5 Å². The van der Waals surface area contributed by atoms with Crippen molar-refractivity contribution in [3.8, 4) is 0 Å². The van der Waals surface area contributed by atoms with Gasteiger partial charge >= 0.3 is 12.0 Å². The Morgan fingerprint density at radius 2 is 2.14 bits per heavy atom. The smallest absolute Gasteiger partial charge is 0.329 e. The molecule has 1 aromatic heterocycles. The molecule has 0 aliphatic carbocycles. The van der Waals surface area contributed by atoms with E-state index in [0.29, 0.717) is 19.4 Å². The van der Waals surface area contributed by atoms with Gasteiger partial charge in [0, 0.05) is 18.9 Å². The predicted molar refractivity (Wildman–Crippen MR) is 77.8 cm³/mol. The van der Waals surface area contributed by atoms with Crippen LogP contribution < -0.4 is 5.32 Å². The molecular weight excluding hydrogens is 270 g/mol. The zero-order chi connectivity index (χ0) is 15.5. The van der Waals surface area contributed by atoms with Crippen molar-refractivity contribution in [3.05, 3.63) is 30.1 Å². The van der Waals surface area contributed by atoms with Crippen LogP contribution in [0.4, 0.5) is 4.79 Å². The van der Waals surface area contributed by atoms with Crippen LogP contribution in [0.15, 0.2) is 24.5 Å². The van der Waals surface area contributed by atoms with Crippen LogP contribution in [0.2, 0.25) is 0 Å². The standard InChI is InChI=1S/C15H21N3O3/c1-3-15(13(19)20)7-4-10-18(15)14(21)17-11(2)12-5-8-16-9-6-12/h5-6,8-9,11H,3-4,7,10H2,1-2H3,(H,17,21)(H,19,20). The molecular formula is C15H21N3O3. The summed E-state index contributed by atoms with van der Waals surface area (Å²) in [6.07, 6.45) is 4.98. The maximum atomic E-state index is 12.4. The van der Waals surface area contributed by atoms with Crippen LogP contribution in [0, 0.1) is 0 Å². The number of likely N-dealkylation sites (tertiary alicyclic amines) is 1. The molecule has 1 aliphatic heterocycles. The van der Waals surface area contributed by atoms with Gasteiger partial charge in [-0.2, -0.15) is 0 Å². The minimum absolute atomic E-state index is 0.190. The summed E-state index contributed by atoms with van der Waals surface area (Å²) in [4.78, 5) is 29.4. The molecule has 0 radical (unpaired) electrons. The average molecular weight is 291 g/mol. The molecule has 2 atom stereocenters. The molecule has 0 spiro atoms. The number of nitrogens with one attached hydrogen (secondary N) is 1. The van der Waals surface area contributed by atoms with Crippen LogP contribution in [0.5, 0.6) is 0 Å². The number of rotatable bonds is 4. The number of carboxylic acids is 1. The minimum Gasteiger partial charge on any atom is -0.479 e. The number of nitrogens with zero attached hydrogens (tertiary/aromatic N) is 2. The summed E-state index contributed by atoms with van der Waals surface area (Å²) < 4.78 is 0. The Morgan fingerprint density at radius 1 is 1.48 bits per heavy atom. The summed E-state index contributed by atoms with van der Waals surface area (Å²) in [7, 11) is 0. The van der Waals surface area contributed by atoms with E-state index in [4.69, 9.17) is 0 Å². The van der Waals surface area contributed by atoms with Gasteiger partial charge in [0.2, 0.25) is 0 Å². The Morgan fingerprint density at radius 3 is 2.71 bits per heavy atom. The third kappa shape index (κ3) is 2.84. The van der Waals surface area contributed by atoms with E-state index in [1.165, 1.54) is 4.90 Å². The van der Waals surface area contributed by atoms with Crippen LogP contribution in [-0.4, -0.2) is 39.1 Å². The normalized spacial score (nSPS) is 22.9. The highest BCUT2D eigenvalue weighted by atomic mass is 16.4. The lowest BCUT2D eigenvalue weighted by molar-refractivity contribution is -0.148. The zero-order valence-corrected chi connectivity index (χ0v) is 12.4. The number of carbonyl (C=O) groups excluding carboxylic acids is 1. The van der Waals surface area contributed by atoms with Gasteiger partial charge in [-0.15, -0.1) is 0 Å². The molecule has 2 rings (SSSR count). The van der Waals surface area contributed by atoms with Crippen molar-refractivity contribution in [1.82, 2.24) is 15.2 Å². The van der Waals surface area contributed by atoms with Gasteiger partial charge in [0.15, 0.2) is 0 Å². The van der Waals surface area contributed by atoms with Crippen LogP contribution in [-0.2, 0) is 4.79 Å². The van der Waals surface area contributed by atoms with Gasteiger partial charge in [0.1, 0.15) is 5.54 Å². The first-order chi connectivity index (χ1) is 10.0. The molecule has 0 saturated carbocycles. The molecule has 1 fully saturated rings. The molecule has 6 nitrogen and oxygen atoms in total. The van der Waals surface area contributed by atoms with E-state index in [2.05, 4.69) is 10.3 Å². The van der Waals surface area contributed by atoms with E-state index in [1.54, 1.807) is 12.4 Å². The summed E-state index contributed by atoms with van der Waals surface area (Å²) in [6.45, 7) is 4.17. The molecule has 0 aromatic carbocycles. The van der Waals surface area contributed by atoms with Crippen LogP contribution in [0.3, 0.4) is 0 Å². The van der Waals surface area contributed by atoms with Crippen LogP contribution in [0.1, 0.15) is 44.7 Å². The summed E-state index contributed by atoms with van der Waals surface area (Å²) in [5.74, 6) is -0.922. The van der Waals surface area contributed by atoms with Gasteiger partial charge in [0.05, 0.1) is 6.04 Å². The number of aromatic nitrogens is 1. The number of pyridine rings is 1. The fourth-order valence-electron chi connectivity index (χ4n) is 2.91. The Hall–Kier alpha value is -2.11. The molecule has 0 bridgehead atoms. The zero-order valence-electron chi connectivity index (χ0n) is 12.4. The molecule has 1 aromatic rings. The molecule has 2 N–H and O–H groups in total. The Bertz CT molecular complexity index is 520. The number of carbonyl (C=O) groups is 2. The van der Waals surface area contributed by atoms with E-state index in [1.807, 2.05) is 26.0 Å². The van der Waals surface area contributed by atoms with E-state index in [-0.39, 0.29) is 12.1 Å². The lowest BCUT2D eigenvalue weighted by Crippen LogP contribution is -2.55. The Kier molecular flexibility index (Phi) is 4.45. The van der Waals surface area contributed by atoms with Gasteiger partial charge in [-0.25, -0.2) is 9.59 Å². The molecule has 114 valence electrons. The first kappa shape index (κ1) is 15.3. The molecule has 2 heterocycles. The lowest BCUT2D eigenvalue weighted by atomic mass is 9.93. The van der Waals surface area contributed by atoms with Crippen molar-refractivity contribution >= 4 is 12.0 Å². The maximum Gasteiger partial charge on any atom is 0.329 e. The second-order valence-corrected chi connectivity index (χ2v) is 5.40. The number of amides is 2. The first-order valence-electron chi connectivity index (χ1n) is 7.22. The molecule has 1 aliphatic rings. The van der Waals surface area contributed by atoms with Crippen molar-refractivity contribution in [2.75, 3.05) is 6.54 Å². The first-order valence-corrected chi connectivity index (χ1v) is 7.22. The quantitative estimate of drug-likeness (QED) is 0.890. The molecule has 2 unspecified atom stereocenters. The van der Waals surface area contributed by atoms with Gasteiger partial charge in [-0.05, 0) is 43.9 Å². The van der Waals surface area contributed by atoms with Gasteiger partial charge in [0.25, 0.3) is 0 Å². The van der Waals surface area contributed by atoms with E-state index >= 15 is 0 Å². The van der Waals surface area contributed by atoms with E-state index in [0.717, 1.165) is 12.0 Å². The number of hydrogen-bond donors (Lipinski definition) is 2. The number of aliphatic carboxylic acids is 1. The highest BCUT2D eigenvalue weighted by molar-refractivity contribution is 5.87. The van der Waals surface area contributed by atoms with Crippen molar-refractivity contribution in [3.63, 3.8) is 0 Å². The van der Waals surface area contributed by atoms with Crippen molar-refractivity contribution < 1.29 is 14.7 Å². The third-order valence-electron chi connectivity index (χ3n) is 4.26. The lowest BCUT2D eigenvalue weighted by Gasteiger charge is -2.34. The monoisotopic (exact) mass is 291 g/mol. The highest BCUT2D eigenvalue weighted by Gasteiger charge is 2.48. The fraction of sp³-hybridized carbons (Fsp3) is 0.533. The fourth-order valence-corrected chi connectivity index (χ4v) is 2.91. The summed E-state index contributed by atoms with van der Waals surface area (Å²) in [6, 6.07) is 3.16. The predicted octanol–water partition coefficient (Wildman–Crippen LogP) is 2.18. The average Bonchev–Trinajstić information content (AvgIpc) is 2.93. The number of urea groups is 1. The summed E-state index contributed by atoms with van der Waals surface area (Å²) >= 11 is 0. The maximum absolute atomic E-state index is 12.4. The topological polar surface area (TPSA) is 82.5 Å². The van der Waals surface area contributed by atoms with Crippen LogP contribution in [0.25, 0.3) is 0 Å². The van der Waals surface area contributed by atoms with E-state index in [9.17, 15) is 14.7 Å². The van der Waals surface area contributed by atoms with Crippen molar-refractivity contribution in [2.24, 2.45) is 0 Å². The Balaban J connectivity index is 2.11. The van der Waals surface area contributed by atoms with Gasteiger partial charge in [-0.1, -0.05) is 6.92 Å². The highest BCUT2D eigenvalue weighted by Crippen LogP contribution is 2.33. The van der Waals surface area contributed by atoms with Crippen molar-refractivity contribution in [2.45, 2.75) is 44.7 Å².